The second-order valence-electron chi connectivity index (χ2n) is 10.0. The molecule has 0 saturated carbocycles. The largest absolute Gasteiger partial charge is 0.348 e. The van der Waals surface area contributed by atoms with Gasteiger partial charge < -0.3 is 15.1 Å². The third kappa shape index (κ3) is 6.96. The molecule has 1 amide bonds. The molecule has 1 heterocycles. The minimum atomic E-state index is 0.176. The fourth-order valence-corrected chi connectivity index (χ4v) is 4.32. The highest BCUT2D eigenvalue weighted by Crippen LogP contribution is 2.21. The van der Waals surface area contributed by atoms with Crippen LogP contribution in [0.15, 0.2) is 54.6 Å². The Labute approximate surface area is 182 Å². The van der Waals surface area contributed by atoms with Gasteiger partial charge in [-0.05, 0) is 11.0 Å². The van der Waals surface area contributed by atoms with Gasteiger partial charge in [0.15, 0.2) is 6.54 Å². The molecule has 4 nitrogen and oxygen atoms in total. The van der Waals surface area contributed by atoms with Crippen LogP contribution in [0.2, 0.25) is 0 Å². The maximum absolute atomic E-state index is 12.5. The molecule has 1 aliphatic rings. The minimum absolute atomic E-state index is 0.176. The van der Waals surface area contributed by atoms with Crippen LogP contribution in [0, 0.1) is 0 Å². The zero-order chi connectivity index (χ0) is 21.6. The standard InChI is InChI=1S/C26H37N3O/c1-26(2,3)23-12-10-22(11-13-23)18-28(4)20-25(30)27-24-14-16-29(17-15-24)19-21-8-6-5-7-9-21/h5-13,24H,14-20H2,1-4H3,(H,27,30)/p+2. The molecule has 0 bridgehead atoms. The van der Waals surface area contributed by atoms with Crippen molar-refractivity contribution in [1.82, 2.24) is 5.32 Å². The lowest BCUT2D eigenvalue weighted by Crippen LogP contribution is -3.12. The molecule has 0 aliphatic carbocycles. The summed E-state index contributed by atoms with van der Waals surface area (Å²) in [7, 11) is 2.10. The Morgan fingerprint density at radius 3 is 2.23 bits per heavy atom. The topological polar surface area (TPSA) is 38.0 Å². The van der Waals surface area contributed by atoms with Gasteiger partial charge in [-0.3, -0.25) is 4.79 Å². The van der Waals surface area contributed by atoms with Gasteiger partial charge in [0, 0.05) is 30.0 Å². The lowest BCUT2D eigenvalue weighted by Gasteiger charge is -2.30. The van der Waals surface area contributed by atoms with Crippen molar-refractivity contribution in [3.05, 3.63) is 71.3 Å². The predicted octanol–water partition coefficient (Wildman–Crippen LogP) is 1.36. The molecule has 1 atom stereocenters. The van der Waals surface area contributed by atoms with Crippen molar-refractivity contribution in [3.63, 3.8) is 0 Å². The Kier molecular flexibility index (Phi) is 7.68. The number of rotatable bonds is 7. The number of carbonyl (C=O) groups excluding carboxylic acids is 1. The Hall–Kier alpha value is -2.17. The number of likely N-dealkylation sites (N-methyl/N-ethyl adjacent to an activating group) is 1. The molecule has 2 aromatic rings. The zero-order valence-electron chi connectivity index (χ0n) is 19.1. The molecule has 162 valence electrons. The van der Waals surface area contributed by atoms with Gasteiger partial charge in [-0.1, -0.05) is 75.4 Å². The van der Waals surface area contributed by atoms with Crippen LogP contribution in [0.25, 0.3) is 0 Å². The molecule has 0 aromatic heterocycles. The molecule has 1 fully saturated rings. The van der Waals surface area contributed by atoms with Gasteiger partial charge in [-0.15, -0.1) is 0 Å². The van der Waals surface area contributed by atoms with Gasteiger partial charge in [0.25, 0.3) is 5.91 Å². The van der Waals surface area contributed by atoms with Crippen molar-refractivity contribution < 1.29 is 14.6 Å². The van der Waals surface area contributed by atoms with E-state index in [9.17, 15) is 4.79 Å². The monoisotopic (exact) mass is 409 g/mol. The van der Waals surface area contributed by atoms with E-state index in [4.69, 9.17) is 0 Å². The lowest BCUT2D eigenvalue weighted by atomic mass is 9.87. The molecule has 30 heavy (non-hydrogen) atoms. The first kappa shape index (κ1) is 22.5. The lowest BCUT2D eigenvalue weighted by molar-refractivity contribution is -0.918. The van der Waals surface area contributed by atoms with E-state index in [0.717, 1.165) is 39.0 Å². The maximum Gasteiger partial charge on any atom is 0.275 e. The highest BCUT2D eigenvalue weighted by molar-refractivity contribution is 5.77. The highest BCUT2D eigenvalue weighted by atomic mass is 16.2. The highest BCUT2D eigenvalue weighted by Gasteiger charge is 2.24. The summed E-state index contributed by atoms with van der Waals surface area (Å²) in [5.74, 6) is 0.176. The minimum Gasteiger partial charge on any atom is -0.348 e. The van der Waals surface area contributed by atoms with Crippen LogP contribution >= 0.6 is 0 Å². The third-order valence-corrected chi connectivity index (χ3v) is 6.14. The van der Waals surface area contributed by atoms with Crippen LogP contribution in [0.1, 0.15) is 50.3 Å². The molecule has 2 aromatic carbocycles. The summed E-state index contributed by atoms with van der Waals surface area (Å²) in [5, 5.41) is 3.28. The fraction of sp³-hybridized carbons (Fsp3) is 0.500. The molecule has 3 N–H and O–H groups in total. The van der Waals surface area contributed by atoms with Crippen molar-refractivity contribution in [2.45, 2.75) is 58.2 Å². The fourth-order valence-electron chi connectivity index (χ4n) is 4.32. The number of hydrogen-bond acceptors (Lipinski definition) is 1. The zero-order valence-corrected chi connectivity index (χ0v) is 19.1. The summed E-state index contributed by atoms with van der Waals surface area (Å²) in [6.07, 6.45) is 2.14. The van der Waals surface area contributed by atoms with Crippen molar-refractivity contribution in [1.29, 1.82) is 0 Å². The summed E-state index contributed by atoms with van der Waals surface area (Å²) in [6.45, 7) is 11.4. The van der Waals surface area contributed by atoms with Gasteiger partial charge in [0.2, 0.25) is 0 Å². The Balaban J connectivity index is 1.38. The van der Waals surface area contributed by atoms with Gasteiger partial charge >= 0.3 is 0 Å². The van der Waals surface area contributed by atoms with E-state index in [0.29, 0.717) is 12.6 Å². The smallest absolute Gasteiger partial charge is 0.275 e. The molecule has 1 aliphatic heterocycles. The van der Waals surface area contributed by atoms with Gasteiger partial charge in [0.05, 0.1) is 20.1 Å². The van der Waals surface area contributed by atoms with E-state index in [1.807, 2.05) is 0 Å². The van der Waals surface area contributed by atoms with Gasteiger partial charge in [-0.25, -0.2) is 0 Å². The summed E-state index contributed by atoms with van der Waals surface area (Å²) in [5.41, 5.74) is 4.21. The van der Waals surface area contributed by atoms with Crippen molar-refractivity contribution in [3.8, 4) is 0 Å². The molecule has 1 unspecified atom stereocenters. The Bertz CT molecular complexity index is 787. The van der Waals surface area contributed by atoms with E-state index >= 15 is 0 Å². The molecule has 1 saturated heterocycles. The number of piperidine rings is 1. The number of quaternary nitrogens is 2. The van der Waals surface area contributed by atoms with Crippen LogP contribution < -0.4 is 15.1 Å². The molecule has 0 radical (unpaired) electrons. The van der Waals surface area contributed by atoms with E-state index < -0.39 is 0 Å². The first-order chi connectivity index (χ1) is 14.3. The maximum atomic E-state index is 12.5. The molecular weight excluding hydrogens is 370 g/mol. The van der Waals surface area contributed by atoms with Crippen LogP contribution in [-0.2, 0) is 23.3 Å². The second-order valence-corrected chi connectivity index (χ2v) is 10.0. The first-order valence-corrected chi connectivity index (χ1v) is 11.4. The average molecular weight is 410 g/mol. The van der Waals surface area contributed by atoms with Crippen LogP contribution in [-0.4, -0.2) is 38.6 Å². The molecule has 0 spiro atoms. The summed E-state index contributed by atoms with van der Waals surface area (Å²) < 4.78 is 0. The number of nitrogens with one attached hydrogen (secondary N) is 3. The molecular formula is C26H39N3O+2. The molecule has 4 heteroatoms. The second kappa shape index (κ2) is 10.2. The number of likely N-dealkylation sites (tertiary alicyclic amines) is 1. The van der Waals surface area contributed by atoms with Crippen LogP contribution in [0.4, 0.5) is 0 Å². The van der Waals surface area contributed by atoms with E-state index in [2.05, 4.69) is 87.7 Å². The van der Waals surface area contributed by atoms with E-state index in [-0.39, 0.29) is 11.3 Å². The SMILES string of the molecule is C[NH+](CC(=O)NC1CC[NH+](Cc2ccccc2)CC1)Cc1ccc(C(C)(C)C)cc1. The number of hydrogen-bond donors (Lipinski definition) is 3. The quantitative estimate of drug-likeness (QED) is 0.635. The van der Waals surface area contributed by atoms with Crippen molar-refractivity contribution in [2.24, 2.45) is 0 Å². The van der Waals surface area contributed by atoms with Gasteiger partial charge in [0.1, 0.15) is 13.1 Å². The van der Waals surface area contributed by atoms with Crippen molar-refractivity contribution >= 4 is 5.91 Å². The molecule has 3 rings (SSSR count). The number of amides is 1. The third-order valence-electron chi connectivity index (χ3n) is 6.14. The van der Waals surface area contributed by atoms with Crippen molar-refractivity contribution in [2.75, 3.05) is 26.7 Å². The average Bonchev–Trinajstić information content (AvgIpc) is 2.70. The number of carbonyl (C=O) groups is 1. The van der Waals surface area contributed by atoms with Crippen LogP contribution in [0.5, 0.6) is 0 Å². The first-order valence-electron chi connectivity index (χ1n) is 11.4. The van der Waals surface area contributed by atoms with Gasteiger partial charge in [-0.2, -0.15) is 0 Å². The summed E-state index contributed by atoms with van der Waals surface area (Å²) in [6, 6.07) is 19.9. The number of benzene rings is 2. The van der Waals surface area contributed by atoms with Crippen LogP contribution in [0.3, 0.4) is 0 Å². The Morgan fingerprint density at radius 2 is 1.63 bits per heavy atom. The Morgan fingerprint density at radius 1 is 1.00 bits per heavy atom. The van der Waals surface area contributed by atoms with E-state index in [1.165, 1.54) is 21.6 Å². The van der Waals surface area contributed by atoms with E-state index in [1.54, 1.807) is 4.90 Å². The predicted molar refractivity (Wildman–Crippen MR) is 123 cm³/mol. The normalized spacial score (nSPS) is 20.5. The summed E-state index contributed by atoms with van der Waals surface area (Å²) >= 11 is 0. The summed E-state index contributed by atoms with van der Waals surface area (Å²) in [4.78, 5) is 15.4.